The molecule has 0 unspecified atom stereocenters. The SMILES string of the molecule is COc1ccc(Cn2cnc3c(NC4CC4)nc(C(F)(F)F)nc32)cc1. The van der Waals surface area contributed by atoms with Crippen LogP contribution < -0.4 is 10.1 Å². The van der Waals surface area contributed by atoms with Crippen LogP contribution in [-0.2, 0) is 12.7 Å². The fourth-order valence-corrected chi connectivity index (χ4v) is 2.64. The fraction of sp³-hybridized carbons (Fsp3) is 0.353. The second kappa shape index (κ2) is 6.15. The van der Waals surface area contributed by atoms with Gasteiger partial charge in [-0.2, -0.15) is 13.2 Å². The summed E-state index contributed by atoms with van der Waals surface area (Å²) in [6.07, 6.45) is -1.30. The van der Waals surface area contributed by atoms with E-state index in [2.05, 4.69) is 20.3 Å². The first-order chi connectivity index (χ1) is 12.4. The summed E-state index contributed by atoms with van der Waals surface area (Å²) in [5.41, 5.74) is 1.40. The number of hydrogen-bond donors (Lipinski definition) is 1. The number of rotatable bonds is 5. The number of halogens is 3. The van der Waals surface area contributed by atoms with Gasteiger partial charge in [-0.05, 0) is 30.5 Å². The molecular formula is C17H16F3N5O. The van der Waals surface area contributed by atoms with E-state index >= 15 is 0 Å². The Morgan fingerprint density at radius 1 is 1.19 bits per heavy atom. The van der Waals surface area contributed by atoms with Gasteiger partial charge in [0.25, 0.3) is 0 Å². The third-order valence-corrected chi connectivity index (χ3v) is 4.15. The molecule has 136 valence electrons. The van der Waals surface area contributed by atoms with Crippen LogP contribution in [0, 0.1) is 0 Å². The van der Waals surface area contributed by atoms with E-state index in [4.69, 9.17) is 4.74 Å². The third kappa shape index (κ3) is 3.29. The molecule has 2 aromatic heterocycles. The number of alkyl halides is 3. The topological polar surface area (TPSA) is 64.9 Å². The van der Waals surface area contributed by atoms with Gasteiger partial charge in [-0.3, -0.25) is 0 Å². The lowest BCUT2D eigenvalue weighted by Gasteiger charge is -2.11. The third-order valence-electron chi connectivity index (χ3n) is 4.15. The molecule has 6 nitrogen and oxygen atoms in total. The maximum absolute atomic E-state index is 13.2. The van der Waals surface area contributed by atoms with Gasteiger partial charge in [-0.25, -0.2) is 15.0 Å². The van der Waals surface area contributed by atoms with Gasteiger partial charge in [0.15, 0.2) is 11.5 Å². The number of benzene rings is 1. The van der Waals surface area contributed by atoms with Crippen molar-refractivity contribution in [2.24, 2.45) is 0 Å². The average Bonchev–Trinajstić information content (AvgIpc) is 3.34. The molecule has 3 aromatic rings. The molecule has 0 aliphatic heterocycles. The van der Waals surface area contributed by atoms with E-state index < -0.39 is 12.0 Å². The minimum absolute atomic E-state index is 0.137. The monoisotopic (exact) mass is 363 g/mol. The highest BCUT2D eigenvalue weighted by Gasteiger charge is 2.37. The minimum Gasteiger partial charge on any atom is -0.497 e. The lowest BCUT2D eigenvalue weighted by Crippen LogP contribution is -2.15. The zero-order valence-electron chi connectivity index (χ0n) is 13.9. The normalized spacial score (nSPS) is 14.6. The Balaban J connectivity index is 1.74. The lowest BCUT2D eigenvalue weighted by molar-refractivity contribution is -0.144. The Morgan fingerprint density at radius 2 is 1.92 bits per heavy atom. The molecule has 26 heavy (non-hydrogen) atoms. The van der Waals surface area contributed by atoms with Crippen molar-refractivity contribution in [3.63, 3.8) is 0 Å². The van der Waals surface area contributed by atoms with Gasteiger partial charge >= 0.3 is 6.18 Å². The van der Waals surface area contributed by atoms with Crippen molar-refractivity contribution in [2.75, 3.05) is 12.4 Å². The van der Waals surface area contributed by atoms with E-state index in [1.165, 1.54) is 6.33 Å². The number of anilines is 1. The summed E-state index contributed by atoms with van der Waals surface area (Å²) in [4.78, 5) is 11.6. The number of methoxy groups -OCH3 is 1. The van der Waals surface area contributed by atoms with E-state index in [1.54, 1.807) is 23.8 Å². The number of nitrogens with one attached hydrogen (secondary N) is 1. The highest BCUT2D eigenvalue weighted by atomic mass is 19.4. The number of ether oxygens (including phenoxy) is 1. The minimum atomic E-state index is -4.62. The summed E-state index contributed by atoms with van der Waals surface area (Å²) in [6.45, 7) is 0.345. The van der Waals surface area contributed by atoms with Gasteiger partial charge in [-0.15, -0.1) is 0 Å². The van der Waals surface area contributed by atoms with Gasteiger partial charge < -0.3 is 14.6 Å². The predicted molar refractivity (Wildman–Crippen MR) is 89.1 cm³/mol. The largest absolute Gasteiger partial charge is 0.497 e. The molecule has 9 heteroatoms. The summed E-state index contributed by atoms with van der Waals surface area (Å²) in [5, 5.41) is 3.02. The van der Waals surface area contributed by atoms with E-state index in [0.717, 1.165) is 18.4 Å². The second-order valence-corrected chi connectivity index (χ2v) is 6.20. The molecule has 1 fully saturated rings. The molecule has 0 spiro atoms. The lowest BCUT2D eigenvalue weighted by atomic mass is 10.2. The molecule has 0 amide bonds. The van der Waals surface area contributed by atoms with Crippen molar-refractivity contribution >= 4 is 17.0 Å². The summed E-state index contributed by atoms with van der Waals surface area (Å²) in [6, 6.07) is 7.44. The number of aromatic nitrogens is 4. The van der Waals surface area contributed by atoms with Gasteiger partial charge in [0.2, 0.25) is 5.82 Å². The van der Waals surface area contributed by atoms with Crippen molar-refractivity contribution < 1.29 is 17.9 Å². The van der Waals surface area contributed by atoms with Crippen LogP contribution in [0.2, 0.25) is 0 Å². The number of hydrogen-bond acceptors (Lipinski definition) is 5. The quantitative estimate of drug-likeness (QED) is 0.752. The van der Waals surface area contributed by atoms with Crippen LogP contribution in [0.1, 0.15) is 24.2 Å². The molecule has 1 N–H and O–H groups in total. The average molecular weight is 363 g/mol. The molecule has 2 heterocycles. The Labute approximate surface area is 147 Å². The van der Waals surface area contributed by atoms with Crippen LogP contribution in [0.15, 0.2) is 30.6 Å². The summed E-state index contributed by atoms with van der Waals surface area (Å²) in [5.74, 6) is -0.315. The first kappa shape index (κ1) is 16.6. The van der Waals surface area contributed by atoms with Gasteiger partial charge in [-0.1, -0.05) is 12.1 Å². The highest BCUT2D eigenvalue weighted by molar-refractivity contribution is 5.83. The first-order valence-corrected chi connectivity index (χ1v) is 8.13. The van der Waals surface area contributed by atoms with E-state index in [-0.39, 0.29) is 17.5 Å². The molecule has 1 aliphatic carbocycles. The molecule has 4 rings (SSSR count). The highest BCUT2D eigenvalue weighted by Crippen LogP contribution is 2.32. The van der Waals surface area contributed by atoms with Crippen molar-refractivity contribution in [3.8, 4) is 5.75 Å². The summed E-state index contributed by atoms with van der Waals surface area (Å²) in [7, 11) is 1.57. The first-order valence-electron chi connectivity index (χ1n) is 8.13. The van der Waals surface area contributed by atoms with E-state index in [9.17, 15) is 13.2 Å². The standard InChI is InChI=1S/C17H16F3N5O/c1-26-12-6-2-10(3-7-12)8-25-9-21-13-14(22-11-4-5-11)23-16(17(18,19)20)24-15(13)25/h2-3,6-7,9,11H,4-5,8H2,1H3,(H,22,23,24). The summed E-state index contributed by atoms with van der Waals surface area (Å²) >= 11 is 0. The van der Waals surface area contributed by atoms with Crippen molar-refractivity contribution in [2.45, 2.75) is 31.6 Å². The maximum Gasteiger partial charge on any atom is 0.451 e. The maximum atomic E-state index is 13.2. The zero-order chi connectivity index (χ0) is 18.3. The smallest absolute Gasteiger partial charge is 0.451 e. The fourth-order valence-electron chi connectivity index (χ4n) is 2.64. The Kier molecular flexibility index (Phi) is 3.93. The molecule has 1 aromatic carbocycles. The Hall–Kier alpha value is -2.84. The van der Waals surface area contributed by atoms with Gasteiger partial charge in [0.05, 0.1) is 20.0 Å². The number of nitrogens with zero attached hydrogens (tertiary/aromatic N) is 4. The van der Waals surface area contributed by atoms with Gasteiger partial charge in [0, 0.05) is 6.04 Å². The molecule has 0 atom stereocenters. The van der Waals surface area contributed by atoms with Crippen LogP contribution in [0.3, 0.4) is 0 Å². The second-order valence-electron chi connectivity index (χ2n) is 6.20. The molecule has 0 saturated heterocycles. The predicted octanol–water partition coefficient (Wildman–Crippen LogP) is 3.48. The zero-order valence-corrected chi connectivity index (χ0v) is 13.9. The van der Waals surface area contributed by atoms with Crippen molar-refractivity contribution in [3.05, 3.63) is 42.0 Å². The molecule has 0 radical (unpaired) electrons. The molecule has 0 bridgehead atoms. The van der Waals surface area contributed by atoms with Crippen molar-refractivity contribution in [1.29, 1.82) is 0 Å². The van der Waals surface area contributed by atoms with Crippen LogP contribution in [0.25, 0.3) is 11.2 Å². The van der Waals surface area contributed by atoms with Crippen LogP contribution in [-0.4, -0.2) is 32.7 Å². The molecule has 1 saturated carbocycles. The molecular weight excluding hydrogens is 347 g/mol. The van der Waals surface area contributed by atoms with E-state index in [0.29, 0.717) is 17.8 Å². The Bertz CT molecular complexity index is 932. The summed E-state index contributed by atoms with van der Waals surface area (Å²) < 4.78 is 46.3. The number of fused-ring (bicyclic) bond motifs is 1. The van der Waals surface area contributed by atoms with Crippen molar-refractivity contribution in [1.82, 2.24) is 19.5 Å². The molecule has 1 aliphatic rings. The van der Waals surface area contributed by atoms with Crippen LogP contribution in [0.5, 0.6) is 5.75 Å². The number of imidazole rings is 1. The Morgan fingerprint density at radius 3 is 2.54 bits per heavy atom. The van der Waals surface area contributed by atoms with Gasteiger partial charge in [0.1, 0.15) is 11.3 Å². The van der Waals surface area contributed by atoms with Crippen LogP contribution in [0.4, 0.5) is 19.0 Å². The van der Waals surface area contributed by atoms with E-state index in [1.807, 2.05) is 12.1 Å². The van der Waals surface area contributed by atoms with Crippen LogP contribution >= 0.6 is 0 Å².